The van der Waals surface area contributed by atoms with Gasteiger partial charge in [-0.15, -0.1) is 0 Å². The number of furan rings is 1. The SMILES string of the molecule is CCc1ccc([C@H](COC)NC(=O)c2ccc(N)c([N+](=O)[O-])c2)o1. The van der Waals surface area contributed by atoms with Crippen molar-refractivity contribution >= 4 is 17.3 Å². The molecule has 8 nitrogen and oxygen atoms in total. The van der Waals surface area contributed by atoms with Crippen molar-refractivity contribution in [1.29, 1.82) is 0 Å². The first-order valence-corrected chi connectivity index (χ1v) is 7.38. The zero-order valence-electron chi connectivity index (χ0n) is 13.4. The predicted molar refractivity (Wildman–Crippen MR) is 87.7 cm³/mol. The number of methoxy groups -OCH3 is 1. The van der Waals surface area contributed by atoms with Gasteiger partial charge in [0, 0.05) is 25.2 Å². The number of hydrogen-bond acceptors (Lipinski definition) is 6. The lowest BCUT2D eigenvalue weighted by atomic mass is 10.1. The van der Waals surface area contributed by atoms with Gasteiger partial charge in [-0.3, -0.25) is 14.9 Å². The van der Waals surface area contributed by atoms with Gasteiger partial charge in [0.15, 0.2) is 0 Å². The molecule has 0 saturated carbocycles. The van der Waals surface area contributed by atoms with Crippen molar-refractivity contribution in [3.8, 4) is 0 Å². The Bertz CT molecular complexity index is 741. The van der Waals surface area contributed by atoms with E-state index in [-0.39, 0.29) is 23.5 Å². The van der Waals surface area contributed by atoms with Gasteiger partial charge in [-0.1, -0.05) is 6.92 Å². The molecule has 1 amide bonds. The molecule has 0 unspecified atom stereocenters. The molecule has 0 spiro atoms. The monoisotopic (exact) mass is 333 g/mol. The van der Waals surface area contributed by atoms with Crippen molar-refractivity contribution in [2.24, 2.45) is 0 Å². The van der Waals surface area contributed by atoms with E-state index < -0.39 is 16.9 Å². The Morgan fingerprint density at radius 3 is 2.75 bits per heavy atom. The van der Waals surface area contributed by atoms with Gasteiger partial charge >= 0.3 is 0 Å². The van der Waals surface area contributed by atoms with Crippen molar-refractivity contribution in [2.75, 3.05) is 19.5 Å². The second kappa shape index (κ2) is 7.60. The fraction of sp³-hybridized carbons (Fsp3) is 0.312. The molecule has 1 aromatic heterocycles. The summed E-state index contributed by atoms with van der Waals surface area (Å²) >= 11 is 0. The molecular formula is C16H19N3O5. The first-order chi connectivity index (χ1) is 11.5. The minimum absolute atomic E-state index is 0.00335. The van der Waals surface area contributed by atoms with Crippen LogP contribution in [0.1, 0.15) is 34.8 Å². The topological polar surface area (TPSA) is 121 Å². The van der Waals surface area contributed by atoms with Crippen molar-refractivity contribution in [2.45, 2.75) is 19.4 Å². The number of rotatable bonds is 7. The van der Waals surface area contributed by atoms with Gasteiger partial charge in [0.25, 0.3) is 11.6 Å². The van der Waals surface area contributed by atoms with E-state index in [1.165, 1.54) is 19.2 Å². The number of aryl methyl sites for hydroxylation is 1. The summed E-state index contributed by atoms with van der Waals surface area (Å²) in [5, 5.41) is 13.7. The zero-order valence-corrected chi connectivity index (χ0v) is 13.4. The Labute approximate surface area is 138 Å². The molecule has 128 valence electrons. The highest BCUT2D eigenvalue weighted by atomic mass is 16.6. The van der Waals surface area contributed by atoms with Crippen LogP contribution in [0.3, 0.4) is 0 Å². The molecule has 0 radical (unpaired) electrons. The van der Waals surface area contributed by atoms with Crippen LogP contribution in [0.15, 0.2) is 34.7 Å². The maximum absolute atomic E-state index is 12.4. The second-order valence-corrected chi connectivity index (χ2v) is 5.17. The molecule has 2 aromatic rings. The third-order valence-corrected chi connectivity index (χ3v) is 3.50. The quantitative estimate of drug-likeness (QED) is 0.456. The maximum Gasteiger partial charge on any atom is 0.292 e. The summed E-state index contributed by atoms with van der Waals surface area (Å²) < 4.78 is 10.8. The summed E-state index contributed by atoms with van der Waals surface area (Å²) in [4.78, 5) is 22.7. The van der Waals surface area contributed by atoms with Crippen LogP contribution in [0.25, 0.3) is 0 Å². The lowest BCUT2D eigenvalue weighted by molar-refractivity contribution is -0.383. The average molecular weight is 333 g/mol. The van der Waals surface area contributed by atoms with Gasteiger partial charge in [0.1, 0.15) is 23.2 Å². The number of carbonyl (C=O) groups is 1. The number of benzene rings is 1. The van der Waals surface area contributed by atoms with Gasteiger partial charge < -0.3 is 20.2 Å². The highest BCUT2D eigenvalue weighted by Gasteiger charge is 2.21. The first-order valence-electron chi connectivity index (χ1n) is 7.38. The van der Waals surface area contributed by atoms with E-state index in [4.69, 9.17) is 14.9 Å². The van der Waals surface area contributed by atoms with Gasteiger partial charge in [0.2, 0.25) is 0 Å². The summed E-state index contributed by atoms with van der Waals surface area (Å²) in [6.07, 6.45) is 0.734. The summed E-state index contributed by atoms with van der Waals surface area (Å²) in [5.41, 5.74) is 5.37. The molecule has 0 aliphatic rings. The third kappa shape index (κ3) is 3.90. The number of amides is 1. The number of nitro groups is 1. The largest absolute Gasteiger partial charge is 0.464 e. The normalized spacial score (nSPS) is 11.9. The average Bonchev–Trinajstić information content (AvgIpc) is 3.03. The van der Waals surface area contributed by atoms with Gasteiger partial charge in [-0.05, 0) is 24.3 Å². The van der Waals surface area contributed by atoms with Crippen molar-refractivity contribution in [1.82, 2.24) is 5.32 Å². The van der Waals surface area contributed by atoms with E-state index in [1.54, 1.807) is 6.07 Å². The molecular weight excluding hydrogens is 314 g/mol. The van der Waals surface area contributed by atoms with E-state index in [2.05, 4.69) is 5.32 Å². The minimum atomic E-state index is -0.626. The Kier molecular flexibility index (Phi) is 5.54. The number of hydrogen-bond donors (Lipinski definition) is 2. The van der Waals surface area contributed by atoms with Crippen LogP contribution in [0.5, 0.6) is 0 Å². The summed E-state index contributed by atoms with van der Waals surface area (Å²) in [5.74, 6) is 0.880. The number of nitrogens with two attached hydrogens (primary N) is 1. The Hall–Kier alpha value is -2.87. The van der Waals surface area contributed by atoms with Crippen molar-refractivity contribution < 1.29 is 18.9 Å². The molecule has 0 aliphatic heterocycles. The summed E-state index contributed by atoms with van der Waals surface area (Å²) in [7, 11) is 1.51. The van der Waals surface area contributed by atoms with E-state index in [0.717, 1.165) is 18.2 Å². The number of nitrogen functional groups attached to an aromatic ring is 1. The second-order valence-electron chi connectivity index (χ2n) is 5.17. The minimum Gasteiger partial charge on any atom is -0.464 e. The highest BCUT2D eigenvalue weighted by molar-refractivity contribution is 5.95. The molecule has 0 aliphatic carbocycles. The smallest absolute Gasteiger partial charge is 0.292 e. The summed E-state index contributed by atoms with van der Waals surface area (Å²) in [6, 6.07) is 7.02. The molecule has 3 N–H and O–H groups in total. The number of ether oxygens (including phenoxy) is 1. The molecule has 24 heavy (non-hydrogen) atoms. The Morgan fingerprint density at radius 2 is 2.17 bits per heavy atom. The number of nitrogens with one attached hydrogen (secondary N) is 1. The third-order valence-electron chi connectivity index (χ3n) is 3.50. The lowest BCUT2D eigenvalue weighted by Gasteiger charge is -2.16. The number of carbonyl (C=O) groups excluding carboxylic acids is 1. The van der Waals surface area contributed by atoms with Crippen LogP contribution in [-0.4, -0.2) is 24.5 Å². The van der Waals surface area contributed by atoms with E-state index >= 15 is 0 Å². The van der Waals surface area contributed by atoms with E-state index in [1.807, 2.05) is 13.0 Å². The highest BCUT2D eigenvalue weighted by Crippen LogP contribution is 2.23. The van der Waals surface area contributed by atoms with Crippen LogP contribution in [0.4, 0.5) is 11.4 Å². The van der Waals surface area contributed by atoms with Gasteiger partial charge in [0.05, 0.1) is 11.5 Å². The Morgan fingerprint density at radius 1 is 1.42 bits per heavy atom. The van der Waals surface area contributed by atoms with E-state index in [0.29, 0.717) is 5.76 Å². The number of nitrogens with zero attached hydrogens (tertiary/aromatic N) is 1. The van der Waals surface area contributed by atoms with Crippen molar-refractivity contribution in [3.05, 3.63) is 57.5 Å². The molecule has 8 heteroatoms. The maximum atomic E-state index is 12.4. The standard InChI is InChI=1S/C16H19N3O5/c1-3-11-5-7-15(24-11)13(9-23-2)18-16(20)10-4-6-12(17)14(8-10)19(21)22/h4-8,13H,3,9,17H2,1-2H3,(H,18,20)/t13-/m0/s1. The van der Waals surface area contributed by atoms with Crippen LogP contribution < -0.4 is 11.1 Å². The molecule has 1 heterocycles. The molecule has 1 aromatic carbocycles. The molecule has 0 fully saturated rings. The predicted octanol–water partition coefficient (Wildman–Crippen LogP) is 2.45. The van der Waals surface area contributed by atoms with Crippen LogP contribution in [0.2, 0.25) is 0 Å². The van der Waals surface area contributed by atoms with Crippen LogP contribution >= 0.6 is 0 Å². The van der Waals surface area contributed by atoms with Gasteiger partial charge in [-0.2, -0.15) is 0 Å². The van der Waals surface area contributed by atoms with Gasteiger partial charge in [-0.25, -0.2) is 0 Å². The summed E-state index contributed by atoms with van der Waals surface area (Å²) in [6.45, 7) is 2.17. The Balaban J connectivity index is 2.21. The van der Waals surface area contributed by atoms with E-state index in [9.17, 15) is 14.9 Å². The number of anilines is 1. The zero-order chi connectivity index (χ0) is 17.7. The van der Waals surface area contributed by atoms with Crippen LogP contribution in [-0.2, 0) is 11.2 Å². The first kappa shape index (κ1) is 17.5. The fourth-order valence-corrected chi connectivity index (χ4v) is 2.22. The fourth-order valence-electron chi connectivity index (χ4n) is 2.22. The lowest BCUT2D eigenvalue weighted by Crippen LogP contribution is -2.31. The molecule has 0 bridgehead atoms. The number of nitro benzene ring substituents is 1. The molecule has 1 atom stereocenters. The molecule has 0 saturated heterocycles. The van der Waals surface area contributed by atoms with Crippen LogP contribution in [0, 0.1) is 10.1 Å². The van der Waals surface area contributed by atoms with Crippen molar-refractivity contribution in [3.63, 3.8) is 0 Å². The molecule has 2 rings (SSSR count).